The van der Waals surface area contributed by atoms with Gasteiger partial charge in [-0.2, -0.15) is 5.10 Å². The molecule has 1 aromatic rings. The molecule has 3 heteroatoms. The summed E-state index contributed by atoms with van der Waals surface area (Å²) in [5.74, 6) is 0.502. The summed E-state index contributed by atoms with van der Waals surface area (Å²) in [6, 6.07) is 0. The van der Waals surface area contributed by atoms with Gasteiger partial charge in [-0.25, -0.2) is 0 Å². The van der Waals surface area contributed by atoms with Gasteiger partial charge in [-0.3, -0.25) is 4.68 Å². The largest absolute Gasteiger partial charge is 0.330 e. The molecule has 0 amide bonds. The van der Waals surface area contributed by atoms with Crippen LogP contribution in [0.25, 0.3) is 0 Å². The fraction of sp³-hybridized carbons (Fsp3) is 0.727. The van der Waals surface area contributed by atoms with Gasteiger partial charge in [0.05, 0.1) is 6.20 Å². The summed E-state index contributed by atoms with van der Waals surface area (Å²) in [6.45, 7) is 5.36. The van der Waals surface area contributed by atoms with E-state index in [0.717, 1.165) is 13.0 Å². The van der Waals surface area contributed by atoms with Crippen molar-refractivity contribution < 1.29 is 0 Å². The van der Waals surface area contributed by atoms with E-state index in [1.165, 1.54) is 17.7 Å². The first-order valence-corrected chi connectivity index (χ1v) is 5.24. The molecule has 0 aliphatic heterocycles. The van der Waals surface area contributed by atoms with Crippen LogP contribution in [0.5, 0.6) is 0 Å². The predicted octanol–water partition coefficient (Wildman–Crippen LogP) is 1.43. The maximum atomic E-state index is 5.81. The number of hydrogen-bond donors (Lipinski definition) is 1. The third-order valence-electron chi connectivity index (χ3n) is 3.26. The van der Waals surface area contributed by atoms with E-state index >= 15 is 0 Å². The zero-order valence-electron chi connectivity index (χ0n) is 9.25. The summed E-state index contributed by atoms with van der Waals surface area (Å²) in [5.41, 5.74) is 8.92. The lowest BCUT2D eigenvalue weighted by atomic mass is 9.71. The van der Waals surface area contributed by atoms with Gasteiger partial charge in [-0.1, -0.05) is 13.8 Å². The molecule has 0 radical (unpaired) electrons. The lowest BCUT2D eigenvalue weighted by Crippen LogP contribution is -2.29. The fourth-order valence-electron chi connectivity index (χ4n) is 2.55. The minimum atomic E-state index is 0.366. The Balaban J connectivity index is 2.43. The predicted molar refractivity (Wildman–Crippen MR) is 57.1 cm³/mol. The van der Waals surface area contributed by atoms with Crippen molar-refractivity contribution >= 4 is 0 Å². The van der Waals surface area contributed by atoms with Crippen LogP contribution in [0.1, 0.15) is 37.4 Å². The summed E-state index contributed by atoms with van der Waals surface area (Å²) in [4.78, 5) is 0. The van der Waals surface area contributed by atoms with Gasteiger partial charge in [0.1, 0.15) is 0 Å². The third kappa shape index (κ3) is 1.46. The zero-order chi connectivity index (χ0) is 10.3. The van der Waals surface area contributed by atoms with Gasteiger partial charge in [-0.15, -0.1) is 0 Å². The first-order valence-electron chi connectivity index (χ1n) is 5.24. The average Bonchev–Trinajstić information content (AvgIpc) is 2.45. The molecular weight excluding hydrogens is 174 g/mol. The zero-order valence-corrected chi connectivity index (χ0v) is 9.25. The quantitative estimate of drug-likeness (QED) is 0.733. The monoisotopic (exact) mass is 193 g/mol. The van der Waals surface area contributed by atoms with Crippen molar-refractivity contribution in [2.24, 2.45) is 18.2 Å². The van der Waals surface area contributed by atoms with Gasteiger partial charge in [0.2, 0.25) is 0 Å². The molecule has 1 unspecified atom stereocenters. The number of hydrogen-bond acceptors (Lipinski definition) is 2. The maximum absolute atomic E-state index is 5.81. The fourth-order valence-corrected chi connectivity index (χ4v) is 2.55. The molecule has 0 saturated carbocycles. The molecule has 2 rings (SSSR count). The van der Waals surface area contributed by atoms with E-state index in [2.05, 4.69) is 18.9 Å². The van der Waals surface area contributed by atoms with Crippen LogP contribution in [0.4, 0.5) is 0 Å². The first-order chi connectivity index (χ1) is 6.53. The van der Waals surface area contributed by atoms with Gasteiger partial charge in [0.15, 0.2) is 0 Å². The number of rotatable bonds is 1. The molecule has 3 nitrogen and oxygen atoms in total. The molecule has 1 aliphatic carbocycles. The van der Waals surface area contributed by atoms with E-state index in [-0.39, 0.29) is 0 Å². The molecule has 2 N–H and O–H groups in total. The van der Waals surface area contributed by atoms with Crippen molar-refractivity contribution in [3.8, 4) is 0 Å². The molecule has 0 saturated heterocycles. The molecular formula is C11H19N3. The minimum absolute atomic E-state index is 0.366. The average molecular weight is 193 g/mol. The van der Waals surface area contributed by atoms with Crippen LogP contribution in [0.2, 0.25) is 0 Å². The second-order valence-corrected chi connectivity index (χ2v) is 5.15. The molecule has 14 heavy (non-hydrogen) atoms. The Morgan fingerprint density at radius 2 is 2.36 bits per heavy atom. The SMILES string of the molecule is Cn1ncc2c1CC(C)(C)CC2CN. The van der Waals surface area contributed by atoms with Gasteiger partial charge in [-0.05, 0) is 30.4 Å². The van der Waals surface area contributed by atoms with Gasteiger partial charge >= 0.3 is 0 Å². The smallest absolute Gasteiger partial charge is 0.0527 e. The molecule has 1 aromatic heterocycles. The van der Waals surface area contributed by atoms with Crippen molar-refractivity contribution in [3.63, 3.8) is 0 Å². The second kappa shape index (κ2) is 3.09. The highest BCUT2D eigenvalue weighted by Crippen LogP contribution is 2.40. The topological polar surface area (TPSA) is 43.8 Å². The van der Waals surface area contributed by atoms with Crippen LogP contribution in [0, 0.1) is 5.41 Å². The van der Waals surface area contributed by atoms with Gasteiger partial charge < -0.3 is 5.73 Å². The molecule has 1 aliphatic rings. The van der Waals surface area contributed by atoms with E-state index in [9.17, 15) is 0 Å². The summed E-state index contributed by atoms with van der Waals surface area (Å²) < 4.78 is 2.00. The summed E-state index contributed by atoms with van der Waals surface area (Å²) in [6.07, 6.45) is 4.29. The van der Waals surface area contributed by atoms with Crippen molar-refractivity contribution in [3.05, 3.63) is 17.5 Å². The first kappa shape index (κ1) is 9.71. The highest BCUT2D eigenvalue weighted by molar-refractivity contribution is 5.27. The number of aromatic nitrogens is 2. The summed E-state index contributed by atoms with van der Waals surface area (Å²) in [5, 5.41) is 4.32. The Morgan fingerprint density at radius 3 is 3.00 bits per heavy atom. The van der Waals surface area contributed by atoms with Crippen molar-refractivity contribution in [2.45, 2.75) is 32.6 Å². The Morgan fingerprint density at radius 1 is 1.64 bits per heavy atom. The third-order valence-corrected chi connectivity index (χ3v) is 3.26. The lowest BCUT2D eigenvalue weighted by Gasteiger charge is -2.34. The maximum Gasteiger partial charge on any atom is 0.0527 e. The molecule has 0 spiro atoms. The van der Waals surface area contributed by atoms with Crippen LogP contribution in [0.15, 0.2) is 6.20 Å². The number of nitrogens with two attached hydrogens (primary N) is 1. The summed E-state index contributed by atoms with van der Waals surface area (Å²) in [7, 11) is 2.02. The molecule has 1 heterocycles. The lowest BCUT2D eigenvalue weighted by molar-refractivity contribution is 0.275. The molecule has 1 atom stereocenters. The molecule has 78 valence electrons. The Bertz CT molecular complexity index is 338. The molecule has 0 aromatic carbocycles. The Labute approximate surface area is 85.3 Å². The standard InChI is InChI=1S/C11H19N3/c1-11(2)4-8(6-12)9-7-13-14(3)10(9)5-11/h7-8H,4-6,12H2,1-3H3. The van der Waals surface area contributed by atoms with Gasteiger partial charge in [0.25, 0.3) is 0 Å². The van der Waals surface area contributed by atoms with E-state index in [1.54, 1.807) is 0 Å². The van der Waals surface area contributed by atoms with Crippen LogP contribution in [-0.4, -0.2) is 16.3 Å². The highest BCUT2D eigenvalue weighted by Gasteiger charge is 2.33. The van der Waals surface area contributed by atoms with E-state index in [4.69, 9.17) is 5.73 Å². The molecule has 0 fully saturated rings. The highest BCUT2D eigenvalue weighted by atomic mass is 15.3. The van der Waals surface area contributed by atoms with Crippen LogP contribution < -0.4 is 5.73 Å². The van der Waals surface area contributed by atoms with Crippen LogP contribution >= 0.6 is 0 Å². The number of fused-ring (bicyclic) bond motifs is 1. The Kier molecular flexibility index (Phi) is 2.14. The van der Waals surface area contributed by atoms with E-state index in [1.807, 2.05) is 17.9 Å². The van der Waals surface area contributed by atoms with Crippen LogP contribution in [-0.2, 0) is 13.5 Å². The van der Waals surface area contributed by atoms with Crippen molar-refractivity contribution in [1.82, 2.24) is 9.78 Å². The minimum Gasteiger partial charge on any atom is -0.330 e. The normalized spacial score (nSPS) is 24.7. The Hall–Kier alpha value is -0.830. The van der Waals surface area contributed by atoms with Crippen molar-refractivity contribution in [1.29, 1.82) is 0 Å². The summed E-state index contributed by atoms with van der Waals surface area (Å²) >= 11 is 0. The van der Waals surface area contributed by atoms with E-state index in [0.29, 0.717) is 11.3 Å². The van der Waals surface area contributed by atoms with Crippen LogP contribution in [0.3, 0.4) is 0 Å². The molecule has 0 bridgehead atoms. The second-order valence-electron chi connectivity index (χ2n) is 5.15. The van der Waals surface area contributed by atoms with Crippen molar-refractivity contribution in [2.75, 3.05) is 6.54 Å². The number of aryl methyl sites for hydroxylation is 1. The number of nitrogens with zero attached hydrogens (tertiary/aromatic N) is 2. The van der Waals surface area contributed by atoms with Gasteiger partial charge in [0, 0.05) is 18.7 Å². The van der Waals surface area contributed by atoms with E-state index < -0.39 is 0 Å².